The Kier molecular flexibility index (Phi) is 4.04. The average molecular weight is 261 g/mol. The molecule has 3 heteroatoms. The van der Waals surface area contributed by atoms with Crippen molar-refractivity contribution in [2.24, 2.45) is 0 Å². The third-order valence-corrected chi connectivity index (χ3v) is 4.38. The molecular weight excluding hydrogens is 238 g/mol. The number of aliphatic hydroxyl groups is 1. The fourth-order valence-corrected chi connectivity index (χ4v) is 3.44. The van der Waals surface area contributed by atoms with Gasteiger partial charge in [0.2, 0.25) is 0 Å². The van der Waals surface area contributed by atoms with Gasteiger partial charge in [-0.15, -0.1) is 0 Å². The molecule has 1 fully saturated rings. The van der Waals surface area contributed by atoms with Crippen molar-refractivity contribution in [1.82, 2.24) is 4.90 Å². The number of fused-ring (bicyclic) bond motifs is 1. The van der Waals surface area contributed by atoms with E-state index < -0.39 is 0 Å². The molecule has 1 N–H and O–H groups in total. The summed E-state index contributed by atoms with van der Waals surface area (Å²) in [5, 5.41) is 9.26. The molecule has 0 spiro atoms. The van der Waals surface area contributed by atoms with Gasteiger partial charge >= 0.3 is 0 Å². The van der Waals surface area contributed by atoms with Crippen LogP contribution >= 0.6 is 0 Å². The molecule has 1 aromatic carbocycles. The topological polar surface area (TPSA) is 32.7 Å². The number of benzene rings is 1. The van der Waals surface area contributed by atoms with E-state index in [1.807, 2.05) is 6.07 Å². The Morgan fingerprint density at radius 1 is 1.21 bits per heavy atom. The fraction of sp³-hybridized carbons (Fsp3) is 0.625. The Morgan fingerprint density at radius 2 is 2.00 bits per heavy atom. The maximum Gasteiger partial charge on any atom is 0.123 e. The first-order valence-corrected chi connectivity index (χ1v) is 7.46. The van der Waals surface area contributed by atoms with Gasteiger partial charge in [-0.05, 0) is 24.5 Å². The number of para-hydroxylation sites is 1. The number of hydrogen-bond acceptors (Lipinski definition) is 3. The van der Waals surface area contributed by atoms with Crippen LogP contribution in [0.4, 0.5) is 0 Å². The lowest BCUT2D eigenvalue weighted by atomic mass is 10.1. The van der Waals surface area contributed by atoms with Gasteiger partial charge in [-0.2, -0.15) is 0 Å². The second-order valence-corrected chi connectivity index (χ2v) is 5.71. The first-order chi connectivity index (χ1) is 9.36. The van der Waals surface area contributed by atoms with Gasteiger partial charge in [0.1, 0.15) is 11.9 Å². The second-order valence-electron chi connectivity index (χ2n) is 5.71. The van der Waals surface area contributed by atoms with Crippen LogP contribution in [-0.4, -0.2) is 41.8 Å². The molecule has 1 aliphatic carbocycles. The molecular formula is C16H23NO2. The number of ether oxygens (including phenoxy) is 1. The molecule has 0 aromatic heterocycles. The summed E-state index contributed by atoms with van der Waals surface area (Å²) in [4.78, 5) is 2.43. The van der Waals surface area contributed by atoms with Crippen molar-refractivity contribution in [2.45, 2.75) is 44.2 Å². The zero-order chi connectivity index (χ0) is 13.1. The molecule has 3 rings (SSSR count). The summed E-state index contributed by atoms with van der Waals surface area (Å²) in [5.41, 5.74) is 1.32. The highest BCUT2D eigenvalue weighted by atomic mass is 16.5. The molecule has 0 bridgehead atoms. The van der Waals surface area contributed by atoms with E-state index in [-0.39, 0.29) is 12.7 Å². The van der Waals surface area contributed by atoms with E-state index >= 15 is 0 Å². The summed E-state index contributed by atoms with van der Waals surface area (Å²) in [6.45, 7) is 1.97. The molecule has 3 nitrogen and oxygen atoms in total. The first-order valence-electron chi connectivity index (χ1n) is 7.46. The zero-order valence-corrected chi connectivity index (χ0v) is 11.4. The standard InChI is InChI=1S/C16H23NO2/c18-10-9-17(14-6-2-3-7-14)12-15-11-13-5-1-4-8-16(13)19-15/h1,4-5,8,14-15,18H,2-3,6-7,9-12H2. The Bertz CT molecular complexity index is 390. The van der Waals surface area contributed by atoms with E-state index in [4.69, 9.17) is 4.74 Å². The maximum absolute atomic E-state index is 9.26. The number of nitrogens with zero attached hydrogens (tertiary/aromatic N) is 1. The summed E-state index contributed by atoms with van der Waals surface area (Å²) in [7, 11) is 0. The lowest BCUT2D eigenvalue weighted by molar-refractivity contribution is 0.0975. The van der Waals surface area contributed by atoms with E-state index in [0.717, 1.165) is 25.3 Å². The van der Waals surface area contributed by atoms with Crippen LogP contribution in [-0.2, 0) is 6.42 Å². The summed E-state index contributed by atoms with van der Waals surface area (Å²) < 4.78 is 6.02. The molecule has 19 heavy (non-hydrogen) atoms. The molecule has 1 atom stereocenters. The summed E-state index contributed by atoms with van der Waals surface area (Å²) in [6, 6.07) is 8.97. The van der Waals surface area contributed by atoms with Crippen LogP contribution in [0.25, 0.3) is 0 Å². The smallest absolute Gasteiger partial charge is 0.123 e. The Balaban J connectivity index is 1.61. The van der Waals surface area contributed by atoms with E-state index in [0.29, 0.717) is 6.04 Å². The van der Waals surface area contributed by atoms with Crippen molar-refractivity contribution in [1.29, 1.82) is 0 Å². The van der Waals surface area contributed by atoms with E-state index in [1.54, 1.807) is 0 Å². The number of rotatable bonds is 5. The van der Waals surface area contributed by atoms with E-state index in [2.05, 4.69) is 23.1 Å². The fourth-order valence-electron chi connectivity index (χ4n) is 3.44. The van der Waals surface area contributed by atoms with Gasteiger partial charge < -0.3 is 9.84 Å². The molecule has 0 saturated heterocycles. The number of aliphatic hydroxyl groups excluding tert-OH is 1. The SMILES string of the molecule is OCCN(CC1Cc2ccccc2O1)C1CCCC1. The van der Waals surface area contributed by atoms with Crippen LogP contribution in [0.2, 0.25) is 0 Å². The Morgan fingerprint density at radius 3 is 2.74 bits per heavy atom. The van der Waals surface area contributed by atoms with Crippen LogP contribution in [0.5, 0.6) is 5.75 Å². The second kappa shape index (κ2) is 5.93. The van der Waals surface area contributed by atoms with Crippen LogP contribution in [0.1, 0.15) is 31.2 Å². The summed E-state index contributed by atoms with van der Waals surface area (Å²) in [6.07, 6.45) is 6.48. The van der Waals surface area contributed by atoms with Crippen LogP contribution in [0.15, 0.2) is 24.3 Å². The van der Waals surface area contributed by atoms with Gasteiger partial charge in [-0.3, -0.25) is 4.90 Å². The van der Waals surface area contributed by atoms with Crippen LogP contribution in [0, 0.1) is 0 Å². The lowest BCUT2D eigenvalue weighted by Gasteiger charge is -2.30. The minimum absolute atomic E-state index is 0.246. The van der Waals surface area contributed by atoms with Crippen molar-refractivity contribution in [3.63, 3.8) is 0 Å². The number of hydrogen-bond donors (Lipinski definition) is 1. The monoisotopic (exact) mass is 261 g/mol. The van der Waals surface area contributed by atoms with Gasteiger partial charge in [-0.1, -0.05) is 31.0 Å². The summed E-state index contributed by atoms with van der Waals surface area (Å²) >= 11 is 0. The molecule has 0 radical (unpaired) electrons. The largest absolute Gasteiger partial charge is 0.488 e. The molecule has 1 aliphatic heterocycles. The predicted octanol–water partition coefficient (Wildman–Crippen LogP) is 2.23. The molecule has 2 aliphatic rings. The Labute approximate surface area is 115 Å². The molecule has 1 unspecified atom stereocenters. The van der Waals surface area contributed by atoms with E-state index in [1.165, 1.54) is 31.2 Å². The quantitative estimate of drug-likeness (QED) is 0.882. The first kappa shape index (κ1) is 12.9. The van der Waals surface area contributed by atoms with Gasteiger partial charge in [0.25, 0.3) is 0 Å². The van der Waals surface area contributed by atoms with Gasteiger partial charge in [0.15, 0.2) is 0 Å². The van der Waals surface area contributed by atoms with Gasteiger partial charge in [0.05, 0.1) is 6.61 Å². The predicted molar refractivity (Wildman–Crippen MR) is 75.5 cm³/mol. The normalized spacial score (nSPS) is 22.7. The highest BCUT2D eigenvalue weighted by molar-refractivity contribution is 5.37. The zero-order valence-electron chi connectivity index (χ0n) is 11.4. The van der Waals surface area contributed by atoms with Gasteiger partial charge in [0, 0.05) is 25.6 Å². The minimum atomic E-state index is 0.246. The lowest BCUT2D eigenvalue weighted by Crippen LogP contribution is -2.42. The third-order valence-electron chi connectivity index (χ3n) is 4.38. The molecule has 1 aromatic rings. The third kappa shape index (κ3) is 2.93. The van der Waals surface area contributed by atoms with Crippen molar-refractivity contribution in [3.05, 3.63) is 29.8 Å². The maximum atomic E-state index is 9.26. The summed E-state index contributed by atoms with van der Waals surface area (Å²) in [5.74, 6) is 1.04. The average Bonchev–Trinajstić information content (AvgIpc) is 3.07. The minimum Gasteiger partial charge on any atom is -0.488 e. The van der Waals surface area contributed by atoms with Gasteiger partial charge in [-0.25, -0.2) is 0 Å². The van der Waals surface area contributed by atoms with Crippen LogP contribution < -0.4 is 4.74 Å². The van der Waals surface area contributed by atoms with Crippen molar-refractivity contribution < 1.29 is 9.84 Å². The van der Waals surface area contributed by atoms with Crippen molar-refractivity contribution in [3.8, 4) is 5.75 Å². The molecule has 1 heterocycles. The molecule has 0 amide bonds. The Hall–Kier alpha value is -1.06. The van der Waals surface area contributed by atoms with Crippen LogP contribution in [0.3, 0.4) is 0 Å². The molecule has 1 saturated carbocycles. The van der Waals surface area contributed by atoms with Crippen molar-refractivity contribution in [2.75, 3.05) is 19.7 Å². The van der Waals surface area contributed by atoms with E-state index in [9.17, 15) is 5.11 Å². The molecule has 104 valence electrons. The highest BCUT2D eigenvalue weighted by Gasteiger charge is 2.28. The van der Waals surface area contributed by atoms with Crippen molar-refractivity contribution >= 4 is 0 Å². The highest BCUT2D eigenvalue weighted by Crippen LogP contribution is 2.30.